The summed E-state index contributed by atoms with van der Waals surface area (Å²) in [5, 5.41) is 8.34. The summed E-state index contributed by atoms with van der Waals surface area (Å²) in [7, 11) is 0. The van der Waals surface area contributed by atoms with Crippen molar-refractivity contribution in [2.24, 2.45) is 0 Å². The first-order chi connectivity index (χ1) is 7.58. The molecule has 1 heterocycles. The number of carboxylic acids is 1. The third-order valence-electron chi connectivity index (χ3n) is 1.34. The summed E-state index contributed by atoms with van der Waals surface area (Å²) >= 11 is 0. The van der Waals surface area contributed by atoms with Crippen molar-refractivity contribution >= 4 is 11.8 Å². The van der Waals surface area contributed by atoms with Crippen LogP contribution in [0.15, 0.2) is 12.4 Å². The van der Waals surface area contributed by atoms with Crippen molar-refractivity contribution in [1.29, 1.82) is 0 Å². The van der Waals surface area contributed by atoms with Gasteiger partial charge < -0.3 is 9.84 Å². The molecular weight excluding hydrogens is 214 g/mol. The number of hydrogen-bond donors (Lipinski definition) is 2. The fourth-order valence-electron chi connectivity index (χ4n) is 0.867. The Bertz CT molecular complexity index is 356. The predicted octanol–water partition coefficient (Wildman–Crippen LogP) is 0.692. The zero-order valence-corrected chi connectivity index (χ0v) is 9.01. The van der Waals surface area contributed by atoms with Crippen LogP contribution in [0.5, 0.6) is 5.88 Å². The molecule has 0 fully saturated rings. The molecule has 0 aromatic carbocycles. The van der Waals surface area contributed by atoms with Crippen LogP contribution in [0.1, 0.15) is 13.8 Å². The summed E-state index contributed by atoms with van der Waals surface area (Å²) in [5.74, 6) is -0.437. The molecule has 0 amide bonds. The predicted molar refractivity (Wildman–Crippen MR) is 55.0 cm³/mol. The van der Waals surface area contributed by atoms with Gasteiger partial charge in [0.1, 0.15) is 0 Å². The Kier molecular flexibility index (Phi) is 4.46. The Hall–Kier alpha value is -1.89. The first-order valence-corrected chi connectivity index (χ1v) is 4.66. The maximum atomic E-state index is 10.2. The molecule has 0 aliphatic heterocycles. The molecule has 88 valence electrons. The van der Waals surface area contributed by atoms with Gasteiger partial charge in [-0.05, 0) is 13.8 Å². The number of anilines is 1. The number of nitrogens with zero attached hydrogens (tertiary/aromatic N) is 2. The highest BCUT2D eigenvalue weighted by molar-refractivity contribution is 5.68. The third-order valence-corrected chi connectivity index (χ3v) is 1.34. The van der Waals surface area contributed by atoms with Crippen LogP contribution in [-0.4, -0.2) is 33.8 Å². The second kappa shape index (κ2) is 5.86. The minimum atomic E-state index is -1.07. The molecule has 0 aliphatic rings. The topological polar surface area (TPSA) is 93.6 Å². The number of hydrogen-bond acceptors (Lipinski definition) is 6. The molecule has 2 N–H and O–H groups in total. The van der Waals surface area contributed by atoms with Crippen molar-refractivity contribution < 1.29 is 19.5 Å². The normalized spacial score (nSPS) is 10.2. The minimum Gasteiger partial charge on any atom is -0.479 e. The lowest BCUT2D eigenvalue weighted by atomic mass is 10.5. The van der Waals surface area contributed by atoms with Gasteiger partial charge in [-0.15, -0.1) is 0 Å². The fourth-order valence-corrected chi connectivity index (χ4v) is 0.867. The summed E-state index contributed by atoms with van der Waals surface area (Å²) < 4.78 is 5.30. The molecule has 16 heavy (non-hydrogen) atoms. The average molecular weight is 227 g/mol. The number of nitrogens with one attached hydrogen (secondary N) is 1. The van der Waals surface area contributed by atoms with E-state index in [-0.39, 0.29) is 6.10 Å². The first kappa shape index (κ1) is 12.2. The molecule has 1 aromatic heterocycles. The van der Waals surface area contributed by atoms with Gasteiger partial charge >= 0.3 is 5.97 Å². The van der Waals surface area contributed by atoms with E-state index >= 15 is 0 Å². The third kappa shape index (κ3) is 4.56. The number of carbonyl (C=O) groups is 1. The molecule has 7 heteroatoms. The van der Waals surface area contributed by atoms with E-state index in [0.717, 1.165) is 0 Å². The van der Waals surface area contributed by atoms with Gasteiger partial charge in [-0.25, -0.2) is 10.3 Å². The highest BCUT2D eigenvalue weighted by Gasteiger charge is 2.02. The molecule has 0 saturated heterocycles. The summed E-state index contributed by atoms with van der Waals surface area (Å²) in [6.07, 6.45) is 2.85. The lowest BCUT2D eigenvalue weighted by Gasteiger charge is -2.09. The van der Waals surface area contributed by atoms with Gasteiger partial charge in [0.25, 0.3) is 0 Å². The van der Waals surface area contributed by atoms with E-state index in [9.17, 15) is 4.79 Å². The SMILES string of the molecule is CC(C)Oc1cncc(NOCC(=O)O)n1. The molecule has 0 bridgehead atoms. The molecule has 1 aromatic rings. The average Bonchev–Trinajstić information content (AvgIpc) is 2.16. The largest absolute Gasteiger partial charge is 0.479 e. The molecule has 0 spiro atoms. The number of carboxylic acid groups (broad SMARTS) is 1. The van der Waals surface area contributed by atoms with E-state index in [1.807, 2.05) is 13.8 Å². The van der Waals surface area contributed by atoms with Crippen LogP contribution in [0.4, 0.5) is 5.82 Å². The van der Waals surface area contributed by atoms with E-state index in [4.69, 9.17) is 9.84 Å². The molecule has 0 aliphatic carbocycles. The van der Waals surface area contributed by atoms with Gasteiger partial charge in [0.2, 0.25) is 5.88 Å². The van der Waals surface area contributed by atoms with Crippen LogP contribution in [0.3, 0.4) is 0 Å². The zero-order valence-electron chi connectivity index (χ0n) is 9.01. The van der Waals surface area contributed by atoms with Gasteiger partial charge in [0.05, 0.1) is 18.5 Å². The molecule has 0 atom stereocenters. The first-order valence-electron chi connectivity index (χ1n) is 4.66. The summed E-state index contributed by atoms with van der Waals surface area (Å²) in [4.78, 5) is 22.7. The van der Waals surface area contributed by atoms with Gasteiger partial charge in [0.15, 0.2) is 12.4 Å². The highest BCUT2D eigenvalue weighted by atomic mass is 16.7. The summed E-state index contributed by atoms with van der Waals surface area (Å²) in [6.45, 7) is 3.27. The fraction of sp³-hybridized carbons (Fsp3) is 0.444. The highest BCUT2D eigenvalue weighted by Crippen LogP contribution is 2.10. The van der Waals surface area contributed by atoms with Gasteiger partial charge in [0, 0.05) is 0 Å². The number of aliphatic carboxylic acids is 1. The lowest BCUT2D eigenvalue weighted by molar-refractivity contribution is -0.141. The van der Waals surface area contributed by atoms with Crippen LogP contribution in [0.25, 0.3) is 0 Å². The minimum absolute atomic E-state index is 0.00973. The Morgan fingerprint density at radius 3 is 2.94 bits per heavy atom. The van der Waals surface area contributed by atoms with Crippen molar-refractivity contribution in [2.75, 3.05) is 12.1 Å². The van der Waals surface area contributed by atoms with E-state index in [1.54, 1.807) is 0 Å². The monoisotopic (exact) mass is 227 g/mol. The Morgan fingerprint density at radius 1 is 1.56 bits per heavy atom. The molecule has 0 saturated carbocycles. The van der Waals surface area contributed by atoms with Crippen molar-refractivity contribution in [3.8, 4) is 5.88 Å². The number of ether oxygens (including phenoxy) is 1. The maximum absolute atomic E-state index is 10.2. The van der Waals surface area contributed by atoms with Crippen LogP contribution in [-0.2, 0) is 9.63 Å². The second-order valence-electron chi connectivity index (χ2n) is 3.19. The Balaban J connectivity index is 2.50. The molecule has 0 unspecified atom stereocenters. The maximum Gasteiger partial charge on any atom is 0.332 e. The Labute approximate surface area is 92.4 Å². The van der Waals surface area contributed by atoms with Gasteiger partial charge in [-0.3, -0.25) is 9.82 Å². The molecule has 1 rings (SSSR count). The van der Waals surface area contributed by atoms with E-state index < -0.39 is 12.6 Å². The van der Waals surface area contributed by atoms with Crippen LogP contribution in [0, 0.1) is 0 Å². The zero-order chi connectivity index (χ0) is 12.0. The number of aromatic nitrogens is 2. The van der Waals surface area contributed by atoms with Crippen LogP contribution in [0.2, 0.25) is 0 Å². The van der Waals surface area contributed by atoms with Crippen molar-refractivity contribution in [1.82, 2.24) is 9.97 Å². The molecule has 0 radical (unpaired) electrons. The van der Waals surface area contributed by atoms with Crippen molar-refractivity contribution in [2.45, 2.75) is 20.0 Å². The summed E-state index contributed by atoms with van der Waals surface area (Å²) in [6, 6.07) is 0. The van der Waals surface area contributed by atoms with Crippen molar-refractivity contribution in [3.63, 3.8) is 0 Å². The second-order valence-corrected chi connectivity index (χ2v) is 3.19. The molecular formula is C9H13N3O4. The summed E-state index contributed by atoms with van der Waals surface area (Å²) in [5.41, 5.74) is 2.36. The van der Waals surface area contributed by atoms with Gasteiger partial charge in [-0.1, -0.05) is 0 Å². The number of rotatable bonds is 6. The van der Waals surface area contributed by atoms with Crippen LogP contribution >= 0.6 is 0 Å². The van der Waals surface area contributed by atoms with Crippen LogP contribution < -0.4 is 10.2 Å². The quantitative estimate of drug-likeness (QED) is 0.690. The van der Waals surface area contributed by atoms with E-state index in [2.05, 4.69) is 20.3 Å². The Morgan fingerprint density at radius 2 is 2.31 bits per heavy atom. The smallest absolute Gasteiger partial charge is 0.332 e. The lowest BCUT2D eigenvalue weighted by Crippen LogP contribution is -2.13. The van der Waals surface area contributed by atoms with Crippen molar-refractivity contribution in [3.05, 3.63) is 12.4 Å². The van der Waals surface area contributed by atoms with E-state index in [1.165, 1.54) is 12.4 Å². The van der Waals surface area contributed by atoms with E-state index in [0.29, 0.717) is 11.7 Å². The molecule has 7 nitrogen and oxygen atoms in total. The standard InChI is InChI=1S/C9H13N3O4/c1-6(2)16-8-4-10-3-7(11-8)12-15-5-9(13)14/h3-4,6H,5H2,1-2H3,(H,11,12)(H,13,14). The van der Waals surface area contributed by atoms with Gasteiger partial charge in [-0.2, -0.15) is 4.98 Å².